The summed E-state index contributed by atoms with van der Waals surface area (Å²) in [6.45, 7) is 1.92. The lowest BCUT2D eigenvalue weighted by Crippen LogP contribution is -2.38. The van der Waals surface area contributed by atoms with Gasteiger partial charge in [0.1, 0.15) is 0 Å². The van der Waals surface area contributed by atoms with Crippen LogP contribution in [0, 0.1) is 0 Å². The molecule has 4 nitrogen and oxygen atoms in total. The molecule has 118 valence electrons. The van der Waals surface area contributed by atoms with Crippen LogP contribution in [0.1, 0.15) is 69.5 Å². The molecule has 4 heteroatoms. The summed E-state index contributed by atoms with van der Waals surface area (Å²) in [5.41, 5.74) is 1.17. The lowest BCUT2D eigenvalue weighted by Gasteiger charge is -2.33. The molecular weight excluding hydrogens is 262 g/mol. The zero-order chi connectivity index (χ0) is 14.5. The van der Waals surface area contributed by atoms with Crippen LogP contribution in [0.3, 0.4) is 0 Å². The van der Waals surface area contributed by atoms with Gasteiger partial charge in [-0.15, -0.1) is 0 Å². The molecule has 3 rings (SSSR count). The van der Waals surface area contributed by atoms with E-state index in [-0.39, 0.29) is 6.61 Å². The Morgan fingerprint density at radius 3 is 2.52 bits per heavy atom. The van der Waals surface area contributed by atoms with Crippen LogP contribution in [0.2, 0.25) is 0 Å². The number of aromatic nitrogens is 2. The van der Waals surface area contributed by atoms with Crippen LogP contribution in [0.25, 0.3) is 0 Å². The van der Waals surface area contributed by atoms with Gasteiger partial charge >= 0.3 is 0 Å². The normalized spacial score (nSPS) is 21.4. The van der Waals surface area contributed by atoms with Gasteiger partial charge in [0.2, 0.25) is 0 Å². The van der Waals surface area contributed by atoms with Crippen molar-refractivity contribution < 1.29 is 5.11 Å². The lowest BCUT2D eigenvalue weighted by molar-refractivity contribution is 0.115. The van der Waals surface area contributed by atoms with E-state index in [4.69, 9.17) is 5.10 Å². The Hall–Kier alpha value is -0.870. The zero-order valence-corrected chi connectivity index (χ0v) is 13.1. The first-order valence-corrected chi connectivity index (χ1v) is 8.76. The predicted octanol–water partition coefficient (Wildman–Crippen LogP) is 3.13. The first kappa shape index (κ1) is 15.0. The number of nitrogens with zero attached hydrogens (tertiary/aromatic N) is 3. The standard InChI is InChI=1S/C17H29N3O/c21-13-12-19(16-6-2-1-3-7-16)14-15-10-11-20(18-15)17-8-4-5-9-17/h10-11,16-17,21H,1-9,12-14H2. The third-order valence-corrected chi connectivity index (χ3v) is 5.21. The molecule has 0 unspecified atom stereocenters. The van der Waals surface area contributed by atoms with Gasteiger partial charge in [0.25, 0.3) is 0 Å². The topological polar surface area (TPSA) is 41.3 Å². The SMILES string of the molecule is OCCN(Cc1ccn(C2CCCC2)n1)C1CCCCC1. The van der Waals surface area contributed by atoms with E-state index in [0.717, 1.165) is 13.1 Å². The van der Waals surface area contributed by atoms with Crippen molar-refractivity contribution in [2.24, 2.45) is 0 Å². The third kappa shape index (κ3) is 3.86. The van der Waals surface area contributed by atoms with Gasteiger partial charge in [0.15, 0.2) is 0 Å². The Morgan fingerprint density at radius 2 is 1.81 bits per heavy atom. The zero-order valence-electron chi connectivity index (χ0n) is 13.1. The minimum Gasteiger partial charge on any atom is -0.395 e. The molecule has 1 aromatic heterocycles. The summed E-state index contributed by atoms with van der Waals surface area (Å²) in [5, 5.41) is 14.2. The second kappa shape index (κ2) is 7.41. The summed E-state index contributed by atoms with van der Waals surface area (Å²) in [5.74, 6) is 0. The van der Waals surface area contributed by atoms with Crippen LogP contribution in [0.4, 0.5) is 0 Å². The van der Waals surface area contributed by atoms with Crippen LogP contribution in [0.15, 0.2) is 12.3 Å². The van der Waals surface area contributed by atoms with Crippen molar-refractivity contribution in [1.29, 1.82) is 0 Å². The Bertz CT molecular complexity index is 419. The van der Waals surface area contributed by atoms with Gasteiger partial charge in [-0.25, -0.2) is 0 Å². The number of rotatable bonds is 6. The summed E-state index contributed by atoms with van der Waals surface area (Å²) in [4.78, 5) is 2.44. The lowest BCUT2D eigenvalue weighted by atomic mass is 9.94. The highest BCUT2D eigenvalue weighted by Crippen LogP contribution is 2.29. The molecule has 2 fully saturated rings. The van der Waals surface area contributed by atoms with E-state index < -0.39 is 0 Å². The van der Waals surface area contributed by atoms with Gasteiger partial charge in [-0.2, -0.15) is 5.10 Å². The van der Waals surface area contributed by atoms with Gasteiger partial charge < -0.3 is 5.11 Å². The van der Waals surface area contributed by atoms with E-state index >= 15 is 0 Å². The van der Waals surface area contributed by atoms with Crippen LogP contribution in [-0.4, -0.2) is 39.0 Å². The Kier molecular flexibility index (Phi) is 5.31. The maximum absolute atomic E-state index is 9.36. The molecule has 0 aliphatic heterocycles. The first-order valence-electron chi connectivity index (χ1n) is 8.76. The highest BCUT2D eigenvalue weighted by molar-refractivity contribution is 5.01. The second-order valence-electron chi connectivity index (χ2n) is 6.71. The molecule has 2 aliphatic carbocycles. The molecule has 0 atom stereocenters. The van der Waals surface area contributed by atoms with Gasteiger partial charge in [0, 0.05) is 25.3 Å². The first-order chi connectivity index (χ1) is 10.4. The van der Waals surface area contributed by atoms with Crippen molar-refractivity contribution in [3.63, 3.8) is 0 Å². The number of aliphatic hydroxyl groups is 1. The minimum absolute atomic E-state index is 0.250. The molecule has 1 heterocycles. The van der Waals surface area contributed by atoms with Gasteiger partial charge in [-0.1, -0.05) is 32.1 Å². The molecule has 1 aromatic rings. The molecule has 0 aromatic carbocycles. The summed E-state index contributed by atoms with van der Waals surface area (Å²) < 4.78 is 2.18. The van der Waals surface area contributed by atoms with E-state index in [1.807, 2.05) is 0 Å². The van der Waals surface area contributed by atoms with E-state index in [1.165, 1.54) is 63.5 Å². The molecule has 1 N–H and O–H groups in total. The van der Waals surface area contributed by atoms with Gasteiger partial charge in [-0.3, -0.25) is 9.58 Å². The summed E-state index contributed by atoms with van der Waals surface area (Å²) in [7, 11) is 0. The van der Waals surface area contributed by atoms with Crippen LogP contribution in [0.5, 0.6) is 0 Å². The third-order valence-electron chi connectivity index (χ3n) is 5.21. The van der Waals surface area contributed by atoms with E-state index in [9.17, 15) is 5.11 Å². The second-order valence-corrected chi connectivity index (χ2v) is 6.71. The van der Waals surface area contributed by atoms with Crippen LogP contribution >= 0.6 is 0 Å². The smallest absolute Gasteiger partial charge is 0.0765 e. The molecule has 2 aliphatic rings. The molecule has 0 bridgehead atoms. The fourth-order valence-corrected chi connectivity index (χ4v) is 4.01. The molecule has 0 spiro atoms. The molecular formula is C17H29N3O. The number of hydrogen-bond donors (Lipinski definition) is 1. The molecule has 0 radical (unpaired) electrons. The van der Waals surface area contributed by atoms with Crippen molar-refractivity contribution in [1.82, 2.24) is 14.7 Å². The Labute approximate surface area is 128 Å². The van der Waals surface area contributed by atoms with Crippen molar-refractivity contribution >= 4 is 0 Å². The van der Waals surface area contributed by atoms with Gasteiger partial charge in [0.05, 0.1) is 18.3 Å². The van der Waals surface area contributed by atoms with Crippen LogP contribution in [-0.2, 0) is 6.54 Å². The molecule has 2 saturated carbocycles. The van der Waals surface area contributed by atoms with Crippen molar-refractivity contribution in [2.75, 3.05) is 13.2 Å². The fraction of sp³-hybridized carbons (Fsp3) is 0.824. The summed E-state index contributed by atoms with van der Waals surface area (Å²) >= 11 is 0. The monoisotopic (exact) mass is 291 g/mol. The molecule has 0 saturated heterocycles. The Balaban J connectivity index is 1.61. The van der Waals surface area contributed by atoms with Crippen LogP contribution < -0.4 is 0 Å². The maximum atomic E-state index is 9.36. The Morgan fingerprint density at radius 1 is 1.10 bits per heavy atom. The van der Waals surface area contributed by atoms with Crippen molar-refractivity contribution in [2.45, 2.75) is 76.4 Å². The van der Waals surface area contributed by atoms with E-state index in [1.54, 1.807) is 0 Å². The number of hydrogen-bond acceptors (Lipinski definition) is 3. The predicted molar refractivity (Wildman–Crippen MR) is 84.1 cm³/mol. The highest BCUT2D eigenvalue weighted by Gasteiger charge is 2.22. The van der Waals surface area contributed by atoms with Crippen molar-refractivity contribution in [3.8, 4) is 0 Å². The number of aliphatic hydroxyl groups excluding tert-OH is 1. The highest BCUT2D eigenvalue weighted by atomic mass is 16.3. The maximum Gasteiger partial charge on any atom is 0.0765 e. The molecule has 21 heavy (non-hydrogen) atoms. The average molecular weight is 291 g/mol. The summed E-state index contributed by atoms with van der Waals surface area (Å²) in [6.07, 6.45) is 14.0. The van der Waals surface area contributed by atoms with Gasteiger partial charge in [-0.05, 0) is 31.7 Å². The minimum atomic E-state index is 0.250. The summed E-state index contributed by atoms with van der Waals surface area (Å²) in [6, 6.07) is 3.44. The van der Waals surface area contributed by atoms with Crippen molar-refractivity contribution in [3.05, 3.63) is 18.0 Å². The fourth-order valence-electron chi connectivity index (χ4n) is 4.01. The largest absolute Gasteiger partial charge is 0.395 e. The average Bonchev–Trinajstić information content (AvgIpc) is 3.19. The quantitative estimate of drug-likeness (QED) is 0.875. The van der Waals surface area contributed by atoms with E-state index in [2.05, 4.69) is 21.8 Å². The van der Waals surface area contributed by atoms with E-state index in [0.29, 0.717) is 12.1 Å². The molecule has 0 amide bonds.